The van der Waals surface area contributed by atoms with Gasteiger partial charge in [0, 0.05) is 18.7 Å². The lowest BCUT2D eigenvalue weighted by molar-refractivity contribution is 0.262. The summed E-state index contributed by atoms with van der Waals surface area (Å²) < 4.78 is 37.4. The number of nitrogens with zero attached hydrogens (tertiary/aromatic N) is 2. The van der Waals surface area contributed by atoms with E-state index in [2.05, 4.69) is 5.16 Å². The molecule has 1 unspecified atom stereocenters. The first-order valence-corrected chi connectivity index (χ1v) is 8.48. The summed E-state index contributed by atoms with van der Waals surface area (Å²) in [6, 6.07) is 4.79. The van der Waals surface area contributed by atoms with Crippen molar-refractivity contribution < 1.29 is 17.4 Å². The molecule has 7 heteroatoms. The van der Waals surface area contributed by atoms with Gasteiger partial charge >= 0.3 is 0 Å². The van der Waals surface area contributed by atoms with E-state index in [0.717, 1.165) is 25.0 Å². The minimum Gasteiger partial charge on any atom is -0.440 e. The van der Waals surface area contributed by atoms with Crippen molar-refractivity contribution in [2.75, 3.05) is 6.54 Å². The maximum atomic E-state index is 12.6. The normalized spacial score (nSPS) is 20.8. The van der Waals surface area contributed by atoms with Crippen molar-refractivity contribution >= 4 is 10.0 Å². The lowest BCUT2D eigenvalue weighted by atomic mass is 10.1. The van der Waals surface area contributed by atoms with Crippen LogP contribution in [-0.4, -0.2) is 30.5 Å². The second kappa shape index (κ2) is 5.31. The summed E-state index contributed by atoms with van der Waals surface area (Å²) in [7, 11) is -3.59. The topological polar surface area (TPSA) is 76.6 Å². The fourth-order valence-corrected chi connectivity index (χ4v) is 4.23. The van der Waals surface area contributed by atoms with Gasteiger partial charge < -0.3 is 8.94 Å². The van der Waals surface area contributed by atoms with E-state index in [9.17, 15) is 8.42 Å². The van der Waals surface area contributed by atoms with Crippen LogP contribution in [0.5, 0.6) is 0 Å². The Balaban J connectivity index is 1.91. The third kappa shape index (κ3) is 2.63. The zero-order chi connectivity index (χ0) is 15.0. The van der Waals surface area contributed by atoms with Crippen molar-refractivity contribution in [2.24, 2.45) is 0 Å². The smallest absolute Gasteiger partial charge is 0.276 e. The quantitative estimate of drug-likeness (QED) is 0.871. The Bertz CT molecular complexity index is 732. The molecule has 1 atom stereocenters. The molecule has 0 saturated carbocycles. The monoisotopic (exact) mass is 310 g/mol. The molecule has 0 aliphatic carbocycles. The minimum atomic E-state index is -3.59. The highest BCUT2D eigenvalue weighted by Crippen LogP contribution is 2.29. The van der Waals surface area contributed by atoms with Crippen LogP contribution in [0, 0.1) is 6.92 Å². The molecular weight excluding hydrogens is 292 g/mol. The molecule has 1 fully saturated rings. The Hall–Kier alpha value is -1.60. The largest absolute Gasteiger partial charge is 0.440 e. The van der Waals surface area contributed by atoms with Gasteiger partial charge in [0.1, 0.15) is 0 Å². The Morgan fingerprint density at radius 2 is 2.10 bits per heavy atom. The third-order valence-corrected chi connectivity index (χ3v) is 5.64. The fourth-order valence-electron chi connectivity index (χ4n) is 2.62. The lowest BCUT2D eigenvalue weighted by Gasteiger charge is -2.31. The standard InChI is InChI=1S/C14H18N2O4S/c1-10-9-13(20-15-10)12-6-7-14(19-12)21(17,18)16-8-4-3-5-11(16)2/h6-7,9,11H,3-5,8H2,1-2H3. The summed E-state index contributed by atoms with van der Waals surface area (Å²) >= 11 is 0. The molecule has 0 spiro atoms. The number of piperidine rings is 1. The second-order valence-electron chi connectivity index (χ2n) is 5.41. The molecule has 0 N–H and O–H groups in total. The highest BCUT2D eigenvalue weighted by molar-refractivity contribution is 7.89. The van der Waals surface area contributed by atoms with Gasteiger partial charge in [-0.1, -0.05) is 11.6 Å². The second-order valence-corrected chi connectivity index (χ2v) is 7.23. The predicted molar refractivity (Wildman–Crippen MR) is 76.1 cm³/mol. The lowest BCUT2D eigenvalue weighted by Crippen LogP contribution is -2.41. The average Bonchev–Trinajstić information content (AvgIpc) is 3.07. The molecule has 0 aromatic carbocycles. The molecule has 0 bridgehead atoms. The molecule has 3 heterocycles. The van der Waals surface area contributed by atoms with E-state index in [1.54, 1.807) is 19.1 Å². The summed E-state index contributed by atoms with van der Waals surface area (Å²) in [6.45, 7) is 4.27. The molecule has 3 rings (SSSR count). The molecule has 114 valence electrons. The number of furan rings is 1. The van der Waals surface area contributed by atoms with Crippen molar-refractivity contribution in [2.45, 2.75) is 44.2 Å². The zero-order valence-corrected chi connectivity index (χ0v) is 12.9. The average molecular weight is 310 g/mol. The first kappa shape index (κ1) is 14.3. The summed E-state index contributed by atoms with van der Waals surface area (Å²) in [5.74, 6) is 0.805. The number of hydrogen-bond acceptors (Lipinski definition) is 5. The van der Waals surface area contributed by atoms with Gasteiger partial charge in [0.25, 0.3) is 10.0 Å². The minimum absolute atomic E-state index is 0.00447. The molecule has 2 aromatic rings. The highest BCUT2D eigenvalue weighted by Gasteiger charge is 2.33. The first-order chi connectivity index (χ1) is 9.98. The molecule has 0 amide bonds. The Kier molecular flexibility index (Phi) is 3.62. The summed E-state index contributed by atoms with van der Waals surface area (Å²) in [4.78, 5) is 0. The molecule has 2 aromatic heterocycles. The number of sulfonamides is 1. The van der Waals surface area contributed by atoms with Gasteiger partial charge in [-0.2, -0.15) is 4.31 Å². The van der Waals surface area contributed by atoms with Gasteiger partial charge in [-0.25, -0.2) is 8.42 Å². The van der Waals surface area contributed by atoms with Gasteiger partial charge in [-0.15, -0.1) is 0 Å². The molecule has 1 aliphatic heterocycles. The van der Waals surface area contributed by atoms with E-state index in [0.29, 0.717) is 18.1 Å². The maximum absolute atomic E-state index is 12.6. The van der Waals surface area contributed by atoms with E-state index in [-0.39, 0.29) is 11.1 Å². The van der Waals surface area contributed by atoms with Gasteiger partial charge in [-0.3, -0.25) is 0 Å². The highest BCUT2D eigenvalue weighted by atomic mass is 32.2. The van der Waals surface area contributed by atoms with Crippen molar-refractivity contribution in [1.29, 1.82) is 0 Å². The summed E-state index contributed by atoms with van der Waals surface area (Å²) in [5, 5.41) is 3.73. The predicted octanol–water partition coefficient (Wildman–Crippen LogP) is 2.81. The molecule has 21 heavy (non-hydrogen) atoms. The van der Waals surface area contributed by atoms with Crippen molar-refractivity contribution in [3.8, 4) is 11.5 Å². The van der Waals surface area contributed by atoms with E-state index >= 15 is 0 Å². The Labute approximate surface area is 123 Å². The SMILES string of the molecule is Cc1cc(-c2ccc(S(=O)(=O)N3CCCCC3C)o2)on1. The van der Waals surface area contributed by atoms with Crippen LogP contribution in [0.2, 0.25) is 0 Å². The number of aryl methyl sites for hydroxylation is 1. The molecule has 1 saturated heterocycles. The van der Waals surface area contributed by atoms with Crippen LogP contribution in [-0.2, 0) is 10.0 Å². The van der Waals surface area contributed by atoms with E-state index < -0.39 is 10.0 Å². The van der Waals surface area contributed by atoms with E-state index in [4.69, 9.17) is 8.94 Å². The van der Waals surface area contributed by atoms with Crippen molar-refractivity contribution in [3.63, 3.8) is 0 Å². The van der Waals surface area contributed by atoms with Crippen LogP contribution in [0.15, 0.2) is 32.2 Å². The summed E-state index contributed by atoms with van der Waals surface area (Å²) in [6.07, 6.45) is 2.83. The van der Waals surface area contributed by atoms with Crippen LogP contribution >= 0.6 is 0 Å². The van der Waals surface area contributed by atoms with Crippen molar-refractivity contribution in [3.05, 3.63) is 23.9 Å². The van der Waals surface area contributed by atoms with Crippen LogP contribution in [0.1, 0.15) is 31.9 Å². The first-order valence-electron chi connectivity index (χ1n) is 7.04. The fraction of sp³-hybridized carbons (Fsp3) is 0.500. The molecule has 6 nitrogen and oxygen atoms in total. The Morgan fingerprint density at radius 3 is 2.76 bits per heavy atom. The number of hydrogen-bond donors (Lipinski definition) is 0. The van der Waals surface area contributed by atoms with Crippen LogP contribution in [0.3, 0.4) is 0 Å². The van der Waals surface area contributed by atoms with Crippen LogP contribution in [0.4, 0.5) is 0 Å². The molecular formula is C14H18N2O4S. The number of aromatic nitrogens is 1. The van der Waals surface area contributed by atoms with E-state index in [1.165, 1.54) is 10.4 Å². The molecule has 1 aliphatic rings. The number of rotatable bonds is 3. The van der Waals surface area contributed by atoms with Crippen molar-refractivity contribution in [1.82, 2.24) is 9.46 Å². The Morgan fingerprint density at radius 1 is 1.29 bits per heavy atom. The van der Waals surface area contributed by atoms with Gasteiger partial charge in [-0.05, 0) is 38.8 Å². The van der Waals surface area contributed by atoms with Crippen LogP contribution < -0.4 is 0 Å². The van der Waals surface area contributed by atoms with Gasteiger partial charge in [0.2, 0.25) is 10.9 Å². The van der Waals surface area contributed by atoms with Crippen LogP contribution in [0.25, 0.3) is 11.5 Å². The van der Waals surface area contributed by atoms with E-state index in [1.807, 2.05) is 6.92 Å². The third-order valence-electron chi connectivity index (χ3n) is 3.76. The summed E-state index contributed by atoms with van der Waals surface area (Å²) in [5.41, 5.74) is 0.718. The van der Waals surface area contributed by atoms with Gasteiger partial charge in [0.15, 0.2) is 5.76 Å². The van der Waals surface area contributed by atoms with Gasteiger partial charge in [0.05, 0.1) is 5.69 Å². The zero-order valence-electron chi connectivity index (χ0n) is 12.1. The molecule has 0 radical (unpaired) electrons. The maximum Gasteiger partial charge on any atom is 0.276 e.